The van der Waals surface area contributed by atoms with Gasteiger partial charge in [0, 0.05) is 24.7 Å². The molecule has 1 amide bonds. The zero-order chi connectivity index (χ0) is 13.0. The van der Waals surface area contributed by atoms with Crippen LogP contribution in [0.1, 0.15) is 38.5 Å². The van der Waals surface area contributed by atoms with Gasteiger partial charge in [0.2, 0.25) is 5.91 Å². The molecule has 3 N–H and O–H groups in total. The first-order valence-electron chi connectivity index (χ1n) is 8.04. The van der Waals surface area contributed by atoms with Crippen LogP contribution < -0.4 is 11.1 Å². The van der Waals surface area contributed by atoms with Crippen LogP contribution in [-0.4, -0.2) is 42.0 Å². The van der Waals surface area contributed by atoms with E-state index in [4.69, 9.17) is 5.73 Å². The number of amides is 1. The van der Waals surface area contributed by atoms with Gasteiger partial charge >= 0.3 is 0 Å². The van der Waals surface area contributed by atoms with Crippen molar-refractivity contribution >= 4 is 5.91 Å². The number of hydrogen-bond acceptors (Lipinski definition) is 3. The third-order valence-corrected chi connectivity index (χ3v) is 6.22. The highest BCUT2D eigenvalue weighted by molar-refractivity contribution is 5.80. The van der Waals surface area contributed by atoms with Crippen LogP contribution in [0.15, 0.2) is 0 Å². The fraction of sp³-hybridized carbons (Fsp3) is 0.933. The highest BCUT2D eigenvalue weighted by Gasteiger charge is 2.50. The highest BCUT2D eigenvalue weighted by atomic mass is 16.2. The van der Waals surface area contributed by atoms with E-state index in [-0.39, 0.29) is 17.9 Å². The van der Waals surface area contributed by atoms with Crippen LogP contribution in [0.5, 0.6) is 0 Å². The predicted octanol–water partition coefficient (Wildman–Crippen LogP) is 0.713. The smallest absolute Gasteiger partial charge is 0.225 e. The minimum atomic E-state index is 0.106. The molecule has 0 aromatic heterocycles. The molecule has 4 rings (SSSR count). The summed E-state index contributed by atoms with van der Waals surface area (Å²) in [5, 5.41) is 3.35. The zero-order valence-electron chi connectivity index (χ0n) is 11.6. The second-order valence-electron chi connectivity index (χ2n) is 7.09. The summed E-state index contributed by atoms with van der Waals surface area (Å²) in [5.41, 5.74) is 6.27. The third kappa shape index (κ3) is 1.83. The minimum absolute atomic E-state index is 0.106. The molecule has 106 valence electrons. The number of rotatable bonds is 2. The molecule has 0 aromatic carbocycles. The average molecular weight is 263 g/mol. The molecular weight excluding hydrogens is 238 g/mol. The summed E-state index contributed by atoms with van der Waals surface area (Å²) in [6.07, 6.45) is 7.34. The Hall–Kier alpha value is -0.610. The molecule has 6 atom stereocenters. The lowest BCUT2D eigenvalue weighted by molar-refractivity contribution is -0.127. The molecule has 4 heteroatoms. The average Bonchev–Trinajstić information content (AvgIpc) is 3.09. The van der Waals surface area contributed by atoms with Gasteiger partial charge in [-0.3, -0.25) is 9.69 Å². The minimum Gasteiger partial charge on any atom is -0.351 e. The largest absolute Gasteiger partial charge is 0.351 e. The molecule has 4 fully saturated rings. The monoisotopic (exact) mass is 263 g/mol. The molecule has 0 radical (unpaired) electrons. The normalized spacial score (nSPS) is 48.7. The second-order valence-corrected chi connectivity index (χ2v) is 7.09. The van der Waals surface area contributed by atoms with Crippen LogP contribution in [0.3, 0.4) is 0 Å². The second kappa shape index (κ2) is 4.45. The number of nitrogens with zero attached hydrogens (tertiary/aromatic N) is 1. The molecule has 2 aliphatic carbocycles. The third-order valence-electron chi connectivity index (χ3n) is 6.22. The summed E-state index contributed by atoms with van der Waals surface area (Å²) >= 11 is 0. The van der Waals surface area contributed by atoms with E-state index in [1.165, 1.54) is 45.2 Å². The number of nitrogens with two attached hydrogens (primary N) is 1. The van der Waals surface area contributed by atoms with Crippen molar-refractivity contribution < 1.29 is 4.79 Å². The van der Waals surface area contributed by atoms with E-state index in [0.717, 1.165) is 6.42 Å². The Morgan fingerprint density at radius 1 is 1.11 bits per heavy atom. The van der Waals surface area contributed by atoms with Crippen molar-refractivity contribution in [1.29, 1.82) is 0 Å². The Labute approximate surface area is 115 Å². The van der Waals surface area contributed by atoms with Gasteiger partial charge in [0.05, 0.1) is 5.92 Å². The lowest BCUT2D eigenvalue weighted by atomic mass is 9.84. The lowest BCUT2D eigenvalue weighted by Crippen LogP contribution is -2.50. The van der Waals surface area contributed by atoms with Crippen molar-refractivity contribution in [2.24, 2.45) is 23.5 Å². The number of fused-ring (bicyclic) bond motifs is 3. The summed E-state index contributed by atoms with van der Waals surface area (Å²) in [6.45, 7) is 2.39. The molecule has 2 saturated heterocycles. The molecule has 2 aliphatic heterocycles. The Morgan fingerprint density at radius 2 is 1.95 bits per heavy atom. The van der Waals surface area contributed by atoms with Gasteiger partial charge in [0.1, 0.15) is 0 Å². The molecule has 2 saturated carbocycles. The van der Waals surface area contributed by atoms with Crippen LogP contribution >= 0.6 is 0 Å². The lowest BCUT2D eigenvalue weighted by Gasteiger charge is -2.29. The van der Waals surface area contributed by atoms with Gasteiger partial charge in [-0.2, -0.15) is 0 Å². The molecule has 2 bridgehead atoms. The van der Waals surface area contributed by atoms with Gasteiger partial charge in [-0.05, 0) is 56.9 Å². The number of nitrogens with one attached hydrogen (secondary N) is 1. The van der Waals surface area contributed by atoms with Gasteiger partial charge in [0.25, 0.3) is 0 Å². The Balaban J connectivity index is 1.42. The molecule has 0 aromatic rings. The van der Waals surface area contributed by atoms with Crippen LogP contribution in [0.2, 0.25) is 0 Å². The van der Waals surface area contributed by atoms with Crippen LogP contribution in [0.4, 0.5) is 0 Å². The number of carbonyl (C=O) groups is 1. The first kappa shape index (κ1) is 12.2. The van der Waals surface area contributed by atoms with Crippen LogP contribution in [0.25, 0.3) is 0 Å². The van der Waals surface area contributed by atoms with Crippen molar-refractivity contribution in [3.8, 4) is 0 Å². The molecule has 2 heterocycles. The Morgan fingerprint density at radius 3 is 2.74 bits per heavy atom. The number of carbonyl (C=O) groups excluding carboxylic acids is 1. The first-order chi connectivity index (χ1) is 9.24. The Bertz CT molecular complexity index is 384. The van der Waals surface area contributed by atoms with Crippen LogP contribution in [-0.2, 0) is 4.79 Å². The van der Waals surface area contributed by atoms with Crippen molar-refractivity contribution in [2.75, 3.05) is 13.1 Å². The maximum absolute atomic E-state index is 12.6. The maximum atomic E-state index is 12.6. The number of hydrogen-bond donors (Lipinski definition) is 2. The summed E-state index contributed by atoms with van der Waals surface area (Å²) in [5.74, 6) is 1.56. The summed E-state index contributed by atoms with van der Waals surface area (Å²) < 4.78 is 0. The topological polar surface area (TPSA) is 58.4 Å². The van der Waals surface area contributed by atoms with E-state index in [1.807, 2.05) is 0 Å². The predicted molar refractivity (Wildman–Crippen MR) is 73.4 cm³/mol. The van der Waals surface area contributed by atoms with E-state index < -0.39 is 0 Å². The fourth-order valence-corrected chi connectivity index (χ4v) is 5.25. The fourth-order valence-electron chi connectivity index (χ4n) is 5.25. The quantitative estimate of drug-likeness (QED) is 0.771. The first-order valence-corrected chi connectivity index (χ1v) is 8.04. The van der Waals surface area contributed by atoms with Gasteiger partial charge in [-0.25, -0.2) is 0 Å². The van der Waals surface area contributed by atoms with Crippen LogP contribution in [0, 0.1) is 17.8 Å². The SMILES string of the molecule is NC1C2CCC(C2)C1C(=O)NC1CCN2CCCC12. The van der Waals surface area contributed by atoms with Crippen molar-refractivity contribution in [2.45, 2.75) is 56.7 Å². The molecule has 19 heavy (non-hydrogen) atoms. The summed E-state index contributed by atoms with van der Waals surface area (Å²) in [7, 11) is 0. The highest BCUT2D eigenvalue weighted by Crippen LogP contribution is 2.47. The Kier molecular flexibility index (Phi) is 2.85. The molecule has 6 unspecified atom stereocenters. The van der Waals surface area contributed by atoms with E-state index in [9.17, 15) is 4.79 Å². The van der Waals surface area contributed by atoms with Gasteiger partial charge < -0.3 is 11.1 Å². The molecular formula is C15H25N3O. The summed E-state index contributed by atoms with van der Waals surface area (Å²) in [4.78, 5) is 15.1. The van der Waals surface area contributed by atoms with E-state index in [2.05, 4.69) is 10.2 Å². The van der Waals surface area contributed by atoms with E-state index >= 15 is 0 Å². The molecule has 4 aliphatic rings. The molecule has 0 spiro atoms. The van der Waals surface area contributed by atoms with E-state index in [0.29, 0.717) is 23.9 Å². The van der Waals surface area contributed by atoms with Crippen molar-refractivity contribution in [3.63, 3.8) is 0 Å². The van der Waals surface area contributed by atoms with Gasteiger partial charge in [0.15, 0.2) is 0 Å². The standard InChI is InChI=1S/C15H25N3O/c16-14-10-4-3-9(8-10)13(14)15(19)17-11-5-7-18-6-1-2-12(11)18/h9-14H,1-8,16H2,(H,17,19). The van der Waals surface area contributed by atoms with Crippen molar-refractivity contribution in [3.05, 3.63) is 0 Å². The maximum Gasteiger partial charge on any atom is 0.225 e. The van der Waals surface area contributed by atoms with Gasteiger partial charge in [-0.1, -0.05) is 0 Å². The van der Waals surface area contributed by atoms with Crippen molar-refractivity contribution in [1.82, 2.24) is 10.2 Å². The van der Waals surface area contributed by atoms with E-state index in [1.54, 1.807) is 0 Å². The zero-order valence-corrected chi connectivity index (χ0v) is 11.6. The summed E-state index contributed by atoms with van der Waals surface area (Å²) in [6, 6.07) is 1.12. The van der Waals surface area contributed by atoms with Gasteiger partial charge in [-0.15, -0.1) is 0 Å². The molecule has 4 nitrogen and oxygen atoms in total.